The number of ether oxygens (including phenoxy) is 2. The van der Waals surface area contributed by atoms with E-state index in [1.165, 1.54) is 12.8 Å². The van der Waals surface area contributed by atoms with Crippen LogP contribution < -0.4 is 10.1 Å². The fourth-order valence-electron chi connectivity index (χ4n) is 3.32. The standard InChI is InChI=1S/C15H27N3O2/c1-5-10-16-14(15(20-4)8-6-7-9-15)13-12(19-3)11-17-18(13)2/h11,14,16H,5-10H2,1-4H3. The maximum atomic E-state index is 5.98. The summed E-state index contributed by atoms with van der Waals surface area (Å²) >= 11 is 0. The van der Waals surface area contributed by atoms with E-state index < -0.39 is 0 Å². The Bertz CT molecular complexity index is 425. The lowest BCUT2D eigenvalue weighted by molar-refractivity contribution is -0.0392. The zero-order chi connectivity index (χ0) is 14.6. The molecule has 5 nitrogen and oxygen atoms in total. The Morgan fingerprint density at radius 3 is 2.65 bits per heavy atom. The summed E-state index contributed by atoms with van der Waals surface area (Å²) in [7, 11) is 5.50. The molecule has 5 heteroatoms. The van der Waals surface area contributed by atoms with Crippen molar-refractivity contribution < 1.29 is 9.47 Å². The Kier molecular flexibility index (Phi) is 5.05. The van der Waals surface area contributed by atoms with Crippen LogP contribution in [0.2, 0.25) is 0 Å². The van der Waals surface area contributed by atoms with Gasteiger partial charge in [-0.05, 0) is 25.8 Å². The van der Waals surface area contributed by atoms with E-state index in [0.29, 0.717) is 0 Å². The van der Waals surface area contributed by atoms with Crippen LogP contribution in [0.5, 0.6) is 5.75 Å². The first kappa shape index (κ1) is 15.3. The lowest BCUT2D eigenvalue weighted by Crippen LogP contribution is -2.45. The normalized spacial score (nSPS) is 19.2. The minimum absolute atomic E-state index is 0.123. The van der Waals surface area contributed by atoms with Crippen LogP contribution in [-0.4, -0.2) is 36.1 Å². The van der Waals surface area contributed by atoms with Gasteiger partial charge < -0.3 is 14.8 Å². The highest BCUT2D eigenvalue weighted by molar-refractivity contribution is 5.31. The first-order valence-electron chi connectivity index (χ1n) is 7.53. The second-order valence-electron chi connectivity index (χ2n) is 5.58. The molecule has 0 aliphatic heterocycles. The molecule has 0 spiro atoms. The number of aryl methyl sites for hydroxylation is 1. The predicted octanol–water partition coefficient (Wildman–Crippen LogP) is 2.43. The molecule has 2 rings (SSSR count). The zero-order valence-electron chi connectivity index (χ0n) is 13.1. The van der Waals surface area contributed by atoms with Gasteiger partial charge in [-0.1, -0.05) is 19.8 Å². The van der Waals surface area contributed by atoms with Gasteiger partial charge in [0.15, 0.2) is 5.75 Å². The number of hydrogen-bond acceptors (Lipinski definition) is 4. The van der Waals surface area contributed by atoms with Gasteiger partial charge in [-0.2, -0.15) is 5.10 Å². The van der Waals surface area contributed by atoms with Crippen LogP contribution in [0.1, 0.15) is 50.8 Å². The molecule has 0 bridgehead atoms. The van der Waals surface area contributed by atoms with E-state index in [1.54, 1.807) is 13.3 Å². The first-order chi connectivity index (χ1) is 9.68. The second-order valence-corrected chi connectivity index (χ2v) is 5.58. The lowest BCUT2D eigenvalue weighted by Gasteiger charge is -2.37. The van der Waals surface area contributed by atoms with Crippen molar-refractivity contribution in [3.8, 4) is 5.75 Å². The fraction of sp³-hybridized carbons (Fsp3) is 0.800. The molecule has 0 aromatic carbocycles. The van der Waals surface area contributed by atoms with Crippen molar-refractivity contribution in [2.24, 2.45) is 7.05 Å². The number of methoxy groups -OCH3 is 2. The van der Waals surface area contributed by atoms with Crippen molar-refractivity contribution >= 4 is 0 Å². The molecule has 1 heterocycles. The molecule has 0 saturated heterocycles. The van der Waals surface area contributed by atoms with E-state index in [9.17, 15) is 0 Å². The average Bonchev–Trinajstić information content (AvgIpc) is 3.08. The highest BCUT2D eigenvalue weighted by Gasteiger charge is 2.44. The molecule has 1 aromatic heterocycles. The van der Waals surface area contributed by atoms with Gasteiger partial charge in [-0.15, -0.1) is 0 Å². The average molecular weight is 281 g/mol. The zero-order valence-corrected chi connectivity index (χ0v) is 13.1. The summed E-state index contributed by atoms with van der Waals surface area (Å²) in [5, 5.41) is 8.00. The predicted molar refractivity (Wildman–Crippen MR) is 79.0 cm³/mol. The van der Waals surface area contributed by atoms with Gasteiger partial charge in [-0.3, -0.25) is 4.68 Å². The molecule has 1 aromatic rings. The van der Waals surface area contributed by atoms with Gasteiger partial charge >= 0.3 is 0 Å². The summed E-state index contributed by atoms with van der Waals surface area (Å²) in [5.41, 5.74) is 0.945. The summed E-state index contributed by atoms with van der Waals surface area (Å²) in [6, 6.07) is 0.123. The van der Waals surface area contributed by atoms with E-state index in [2.05, 4.69) is 17.3 Å². The number of rotatable bonds is 7. The Hall–Kier alpha value is -1.07. The Morgan fingerprint density at radius 1 is 1.40 bits per heavy atom. The Labute approximate surface area is 121 Å². The molecular weight excluding hydrogens is 254 g/mol. The number of nitrogens with one attached hydrogen (secondary N) is 1. The third kappa shape index (κ3) is 2.69. The number of nitrogens with zero attached hydrogens (tertiary/aromatic N) is 2. The van der Waals surface area contributed by atoms with E-state index >= 15 is 0 Å². The van der Waals surface area contributed by atoms with Gasteiger partial charge in [0.05, 0.1) is 30.6 Å². The lowest BCUT2D eigenvalue weighted by atomic mass is 9.89. The van der Waals surface area contributed by atoms with Gasteiger partial charge in [0, 0.05) is 14.2 Å². The van der Waals surface area contributed by atoms with Crippen LogP contribution in [0.4, 0.5) is 0 Å². The van der Waals surface area contributed by atoms with Gasteiger partial charge in [0.25, 0.3) is 0 Å². The third-order valence-electron chi connectivity index (χ3n) is 4.42. The van der Waals surface area contributed by atoms with E-state index in [4.69, 9.17) is 9.47 Å². The topological polar surface area (TPSA) is 48.3 Å². The Balaban J connectivity index is 2.38. The van der Waals surface area contributed by atoms with E-state index in [0.717, 1.165) is 37.3 Å². The Morgan fingerprint density at radius 2 is 2.10 bits per heavy atom. The van der Waals surface area contributed by atoms with Gasteiger partial charge in [-0.25, -0.2) is 0 Å². The summed E-state index contributed by atoms with van der Waals surface area (Å²) < 4.78 is 13.4. The minimum atomic E-state index is -0.143. The molecule has 1 atom stereocenters. The number of aromatic nitrogens is 2. The maximum absolute atomic E-state index is 5.98. The monoisotopic (exact) mass is 281 g/mol. The van der Waals surface area contributed by atoms with Crippen molar-refractivity contribution in [3.63, 3.8) is 0 Å². The molecule has 20 heavy (non-hydrogen) atoms. The van der Waals surface area contributed by atoms with Crippen molar-refractivity contribution in [3.05, 3.63) is 11.9 Å². The number of hydrogen-bond donors (Lipinski definition) is 1. The highest BCUT2D eigenvalue weighted by Crippen LogP contribution is 2.44. The van der Waals surface area contributed by atoms with E-state index in [-0.39, 0.29) is 11.6 Å². The van der Waals surface area contributed by atoms with Crippen molar-refractivity contribution in [2.75, 3.05) is 20.8 Å². The highest BCUT2D eigenvalue weighted by atomic mass is 16.5. The third-order valence-corrected chi connectivity index (χ3v) is 4.42. The minimum Gasteiger partial charge on any atom is -0.493 e. The molecular formula is C15H27N3O2. The van der Waals surface area contributed by atoms with Gasteiger partial charge in [0.1, 0.15) is 0 Å². The van der Waals surface area contributed by atoms with Crippen LogP contribution >= 0.6 is 0 Å². The molecule has 1 fully saturated rings. The molecule has 1 saturated carbocycles. The fourth-order valence-corrected chi connectivity index (χ4v) is 3.32. The van der Waals surface area contributed by atoms with Crippen LogP contribution in [0.15, 0.2) is 6.20 Å². The molecule has 1 aliphatic rings. The van der Waals surface area contributed by atoms with Crippen molar-refractivity contribution in [2.45, 2.75) is 50.7 Å². The summed E-state index contributed by atoms with van der Waals surface area (Å²) in [4.78, 5) is 0. The first-order valence-corrected chi connectivity index (χ1v) is 7.53. The van der Waals surface area contributed by atoms with Crippen LogP contribution in [0, 0.1) is 0 Å². The molecule has 114 valence electrons. The molecule has 0 radical (unpaired) electrons. The van der Waals surface area contributed by atoms with Crippen LogP contribution in [0.25, 0.3) is 0 Å². The quantitative estimate of drug-likeness (QED) is 0.834. The van der Waals surface area contributed by atoms with Crippen LogP contribution in [0.3, 0.4) is 0 Å². The maximum Gasteiger partial charge on any atom is 0.161 e. The SMILES string of the molecule is CCCNC(c1c(OC)cnn1C)C1(OC)CCCC1. The van der Waals surface area contributed by atoms with E-state index in [1.807, 2.05) is 18.8 Å². The van der Waals surface area contributed by atoms with Crippen molar-refractivity contribution in [1.29, 1.82) is 0 Å². The van der Waals surface area contributed by atoms with Crippen LogP contribution in [-0.2, 0) is 11.8 Å². The summed E-state index contributed by atoms with van der Waals surface area (Å²) in [6.45, 7) is 3.14. The van der Waals surface area contributed by atoms with Gasteiger partial charge in [0.2, 0.25) is 0 Å². The molecule has 0 amide bonds. The molecule has 1 unspecified atom stereocenters. The summed E-state index contributed by atoms with van der Waals surface area (Å²) in [6.07, 6.45) is 7.49. The van der Waals surface area contributed by atoms with Crippen molar-refractivity contribution in [1.82, 2.24) is 15.1 Å². The summed E-state index contributed by atoms with van der Waals surface area (Å²) in [5.74, 6) is 0.837. The second kappa shape index (κ2) is 6.59. The smallest absolute Gasteiger partial charge is 0.161 e. The molecule has 1 aliphatic carbocycles. The molecule has 1 N–H and O–H groups in total. The largest absolute Gasteiger partial charge is 0.493 e.